The van der Waals surface area contributed by atoms with Gasteiger partial charge in [-0.3, -0.25) is 9.13 Å². The summed E-state index contributed by atoms with van der Waals surface area (Å²) in [5, 5.41) is 14.7. The van der Waals surface area contributed by atoms with Crippen molar-refractivity contribution < 1.29 is 0 Å². The molecule has 0 unspecified atom stereocenters. The van der Waals surface area contributed by atoms with E-state index in [2.05, 4.69) is 64.8 Å². The quantitative estimate of drug-likeness (QED) is 0.327. The van der Waals surface area contributed by atoms with Gasteiger partial charge < -0.3 is 0 Å². The standard InChI is InChI=1S/C29H36N6O/c1-3-10-27-21(2)34(18-17-22-11-6-4-7-12-22)29(36)35(27)20-23-15-16-25(24-13-8-5-9-14-24)26(19-23)28-30-32-33-31-28/h5,8-9,13-16,19,22H,3-4,6-7,10-12,17-18,20H2,1-2H3,(H,30,31,32,33). The third-order valence-electron chi connectivity index (χ3n) is 7.69. The van der Waals surface area contributed by atoms with E-state index in [0.29, 0.717) is 12.4 Å². The number of nitrogens with one attached hydrogen (secondary N) is 1. The van der Waals surface area contributed by atoms with E-state index in [1.165, 1.54) is 32.1 Å². The lowest BCUT2D eigenvalue weighted by atomic mass is 9.87. The topological polar surface area (TPSA) is 81.4 Å². The molecule has 0 bridgehead atoms. The van der Waals surface area contributed by atoms with Gasteiger partial charge in [0.25, 0.3) is 0 Å². The van der Waals surface area contributed by atoms with Gasteiger partial charge in [0.1, 0.15) is 0 Å². The molecular weight excluding hydrogens is 448 g/mol. The fourth-order valence-corrected chi connectivity index (χ4v) is 5.73. The molecule has 0 saturated heterocycles. The van der Waals surface area contributed by atoms with Gasteiger partial charge in [-0.1, -0.05) is 87.9 Å². The first kappa shape index (κ1) is 24.2. The molecule has 7 heteroatoms. The molecule has 4 aromatic rings. The second-order valence-corrected chi connectivity index (χ2v) is 10.1. The van der Waals surface area contributed by atoms with Crippen LogP contribution in [-0.4, -0.2) is 29.8 Å². The molecule has 2 heterocycles. The average molecular weight is 485 g/mol. The average Bonchev–Trinajstić information content (AvgIpc) is 3.53. The number of nitrogens with zero attached hydrogens (tertiary/aromatic N) is 5. The normalized spacial score (nSPS) is 14.4. The van der Waals surface area contributed by atoms with Gasteiger partial charge in [0.2, 0.25) is 0 Å². The Kier molecular flexibility index (Phi) is 7.44. The SMILES string of the molecule is CCCc1c(C)n(CCC2CCCCC2)c(=O)n1Cc1ccc(-c2ccccc2)c(-c2nnn[nH]2)c1. The molecule has 2 aromatic carbocycles. The van der Waals surface area contributed by atoms with Crippen molar-refractivity contribution in [3.8, 4) is 22.5 Å². The molecule has 1 saturated carbocycles. The van der Waals surface area contributed by atoms with Crippen molar-refractivity contribution >= 4 is 0 Å². The molecule has 0 amide bonds. The third kappa shape index (κ3) is 5.06. The molecule has 188 valence electrons. The minimum Gasteiger partial charge on any atom is -0.296 e. The molecule has 0 atom stereocenters. The molecule has 2 aromatic heterocycles. The van der Waals surface area contributed by atoms with E-state index < -0.39 is 0 Å². The van der Waals surface area contributed by atoms with Crippen LogP contribution in [0.3, 0.4) is 0 Å². The van der Waals surface area contributed by atoms with Crippen LogP contribution in [0.15, 0.2) is 53.3 Å². The molecule has 7 nitrogen and oxygen atoms in total. The third-order valence-corrected chi connectivity index (χ3v) is 7.69. The highest BCUT2D eigenvalue weighted by Crippen LogP contribution is 2.31. The number of benzene rings is 2. The van der Waals surface area contributed by atoms with Crippen molar-refractivity contribution in [3.05, 3.63) is 76.0 Å². The van der Waals surface area contributed by atoms with Crippen LogP contribution in [0.2, 0.25) is 0 Å². The molecule has 1 N–H and O–H groups in total. The number of tetrazole rings is 1. The van der Waals surface area contributed by atoms with Gasteiger partial charge in [-0.15, -0.1) is 5.10 Å². The van der Waals surface area contributed by atoms with Crippen molar-refractivity contribution in [2.75, 3.05) is 0 Å². The van der Waals surface area contributed by atoms with Gasteiger partial charge >= 0.3 is 5.69 Å². The summed E-state index contributed by atoms with van der Waals surface area (Å²) in [7, 11) is 0. The molecular formula is C29H36N6O. The van der Waals surface area contributed by atoms with Gasteiger partial charge in [-0.2, -0.15) is 0 Å². The highest BCUT2D eigenvalue weighted by Gasteiger charge is 2.20. The van der Waals surface area contributed by atoms with Gasteiger partial charge in [0.05, 0.1) is 6.54 Å². The number of aromatic nitrogens is 6. The number of imidazole rings is 1. The highest BCUT2D eigenvalue weighted by molar-refractivity contribution is 5.80. The van der Waals surface area contributed by atoms with Crippen LogP contribution in [0, 0.1) is 12.8 Å². The van der Waals surface area contributed by atoms with Crippen LogP contribution in [0.1, 0.15) is 68.8 Å². The van der Waals surface area contributed by atoms with E-state index in [9.17, 15) is 4.79 Å². The minimum atomic E-state index is 0.113. The zero-order valence-electron chi connectivity index (χ0n) is 21.4. The number of hydrogen-bond donors (Lipinski definition) is 1. The van der Waals surface area contributed by atoms with Crippen molar-refractivity contribution in [2.24, 2.45) is 5.92 Å². The van der Waals surface area contributed by atoms with Crippen molar-refractivity contribution in [3.63, 3.8) is 0 Å². The van der Waals surface area contributed by atoms with Gasteiger partial charge in [-0.05, 0) is 58.9 Å². The Morgan fingerprint density at radius 1 is 1.00 bits per heavy atom. The molecule has 1 fully saturated rings. The lowest BCUT2D eigenvalue weighted by Gasteiger charge is -2.21. The highest BCUT2D eigenvalue weighted by atomic mass is 16.1. The molecule has 0 spiro atoms. The Bertz CT molecular complexity index is 1330. The second kappa shape index (κ2) is 11.1. The van der Waals surface area contributed by atoms with Crippen LogP contribution in [0.4, 0.5) is 0 Å². The summed E-state index contributed by atoms with van der Waals surface area (Å²) in [5.74, 6) is 1.38. The fraction of sp³-hybridized carbons (Fsp3) is 0.448. The lowest BCUT2D eigenvalue weighted by Crippen LogP contribution is -2.27. The van der Waals surface area contributed by atoms with E-state index in [0.717, 1.165) is 65.4 Å². The maximum Gasteiger partial charge on any atom is 0.328 e. The van der Waals surface area contributed by atoms with Crippen LogP contribution >= 0.6 is 0 Å². The first-order valence-electron chi connectivity index (χ1n) is 13.4. The summed E-state index contributed by atoms with van der Waals surface area (Å²) in [6.07, 6.45) is 9.66. The summed E-state index contributed by atoms with van der Waals surface area (Å²) < 4.78 is 4.01. The number of aromatic amines is 1. The number of rotatable bonds is 9. The Balaban J connectivity index is 1.48. The van der Waals surface area contributed by atoms with Crippen molar-refractivity contribution in [2.45, 2.75) is 78.3 Å². The van der Waals surface area contributed by atoms with Crippen LogP contribution in [-0.2, 0) is 19.5 Å². The maximum atomic E-state index is 13.7. The fourth-order valence-electron chi connectivity index (χ4n) is 5.73. The van der Waals surface area contributed by atoms with Crippen molar-refractivity contribution in [1.29, 1.82) is 0 Å². The van der Waals surface area contributed by atoms with E-state index >= 15 is 0 Å². The maximum absolute atomic E-state index is 13.7. The summed E-state index contributed by atoms with van der Waals surface area (Å²) >= 11 is 0. The Morgan fingerprint density at radius 3 is 2.53 bits per heavy atom. The molecule has 1 aliphatic rings. The van der Waals surface area contributed by atoms with E-state index in [-0.39, 0.29) is 5.69 Å². The lowest BCUT2D eigenvalue weighted by molar-refractivity contribution is 0.321. The Hall–Kier alpha value is -3.48. The smallest absolute Gasteiger partial charge is 0.296 e. The van der Waals surface area contributed by atoms with Crippen LogP contribution < -0.4 is 5.69 Å². The summed E-state index contributed by atoms with van der Waals surface area (Å²) in [6, 6.07) is 16.6. The first-order valence-corrected chi connectivity index (χ1v) is 13.4. The zero-order chi connectivity index (χ0) is 24.9. The van der Waals surface area contributed by atoms with Gasteiger partial charge in [0, 0.05) is 23.5 Å². The number of hydrogen-bond acceptors (Lipinski definition) is 4. The predicted octanol–water partition coefficient (Wildman–Crippen LogP) is 5.78. The number of H-pyrrole nitrogens is 1. The molecule has 5 rings (SSSR count). The molecule has 1 aliphatic carbocycles. The van der Waals surface area contributed by atoms with E-state index in [1.54, 1.807) is 0 Å². The summed E-state index contributed by atoms with van der Waals surface area (Å²) in [4.78, 5) is 13.7. The molecule has 0 radical (unpaired) electrons. The predicted molar refractivity (Wildman–Crippen MR) is 143 cm³/mol. The van der Waals surface area contributed by atoms with Gasteiger partial charge in [0.15, 0.2) is 5.82 Å². The Morgan fingerprint density at radius 2 is 1.81 bits per heavy atom. The zero-order valence-corrected chi connectivity index (χ0v) is 21.4. The molecule has 36 heavy (non-hydrogen) atoms. The van der Waals surface area contributed by atoms with E-state index in [1.807, 2.05) is 27.3 Å². The largest absolute Gasteiger partial charge is 0.328 e. The molecule has 0 aliphatic heterocycles. The van der Waals surface area contributed by atoms with Crippen molar-refractivity contribution in [1.82, 2.24) is 29.8 Å². The van der Waals surface area contributed by atoms with Crippen LogP contribution in [0.5, 0.6) is 0 Å². The second-order valence-electron chi connectivity index (χ2n) is 10.1. The Labute approximate surface area is 212 Å². The summed E-state index contributed by atoms with van der Waals surface area (Å²) in [6.45, 7) is 5.65. The van der Waals surface area contributed by atoms with Crippen LogP contribution in [0.25, 0.3) is 22.5 Å². The first-order chi connectivity index (χ1) is 17.7. The summed E-state index contributed by atoms with van der Waals surface area (Å²) in [5.41, 5.74) is 6.54. The van der Waals surface area contributed by atoms with E-state index in [4.69, 9.17) is 0 Å². The minimum absolute atomic E-state index is 0.113. The monoisotopic (exact) mass is 484 g/mol. The van der Waals surface area contributed by atoms with Gasteiger partial charge in [-0.25, -0.2) is 9.89 Å².